The summed E-state index contributed by atoms with van der Waals surface area (Å²) >= 11 is 5.32. The molecule has 1 N–H and O–H groups in total. The number of hydrogen-bond donors (Lipinski definition) is 1. The number of aromatic nitrogens is 2. The van der Waals surface area contributed by atoms with E-state index in [1.165, 1.54) is 4.88 Å². The summed E-state index contributed by atoms with van der Waals surface area (Å²) in [6.45, 7) is 0. The molecule has 102 valence electrons. The largest absolute Gasteiger partial charge is 0.370 e. The van der Waals surface area contributed by atoms with Crippen molar-refractivity contribution in [2.45, 2.75) is 6.04 Å². The molecule has 0 saturated heterocycles. The fraction of sp³-hybridized carbons (Fsp3) is 0.133. The number of thiophene rings is 1. The van der Waals surface area contributed by atoms with Crippen LogP contribution < -0.4 is 5.32 Å². The lowest BCUT2D eigenvalue weighted by Gasteiger charge is -2.19. The Morgan fingerprint density at radius 1 is 1.25 bits per heavy atom. The van der Waals surface area contributed by atoms with E-state index < -0.39 is 0 Å². The number of imidazole rings is 1. The summed E-state index contributed by atoms with van der Waals surface area (Å²) in [5, 5.41) is 5.66. The van der Waals surface area contributed by atoms with Crippen LogP contribution in [0.2, 0.25) is 0 Å². The van der Waals surface area contributed by atoms with Gasteiger partial charge in [-0.25, -0.2) is 4.98 Å². The second kappa shape index (κ2) is 5.81. The standard InChI is InChI=1S/C15H14BrN3S/c1-19-9-8-17-15(19)14(13-7-4-10-20-13)18-12-6-3-2-5-11(12)16/h2-10,14,18H,1H3. The van der Waals surface area contributed by atoms with E-state index in [-0.39, 0.29) is 6.04 Å². The number of rotatable bonds is 4. The predicted molar refractivity (Wildman–Crippen MR) is 87.1 cm³/mol. The van der Waals surface area contributed by atoms with E-state index >= 15 is 0 Å². The predicted octanol–water partition coefficient (Wildman–Crippen LogP) is 4.45. The van der Waals surface area contributed by atoms with Gasteiger partial charge in [-0.05, 0) is 39.5 Å². The molecule has 0 spiro atoms. The second-order valence-corrected chi connectivity index (χ2v) is 6.30. The summed E-state index contributed by atoms with van der Waals surface area (Å²) in [6, 6.07) is 12.4. The third-order valence-electron chi connectivity index (χ3n) is 3.12. The van der Waals surface area contributed by atoms with E-state index in [1.807, 2.05) is 42.2 Å². The topological polar surface area (TPSA) is 29.9 Å². The monoisotopic (exact) mass is 347 g/mol. The van der Waals surface area contributed by atoms with Crippen LogP contribution >= 0.6 is 27.3 Å². The first-order valence-electron chi connectivity index (χ1n) is 6.27. The van der Waals surface area contributed by atoms with Crippen molar-refractivity contribution in [2.24, 2.45) is 7.05 Å². The second-order valence-electron chi connectivity index (χ2n) is 4.47. The summed E-state index contributed by atoms with van der Waals surface area (Å²) in [4.78, 5) is 5.74. The first-order chi connectivity index (χ1) is 9.75. The molecule has 5 heteroatoms. The fourth-order valence-electron chi connectivity index (χ4n) is 2.11. The lowest BCUT2D eigenvalue weighted by molar-refractivity contribution is 0.756. The van der Waals surface area contributed by atoms with Gasteiger partial charge in [-0.15, -0.1) is 11.3 Å². The molecule has 0 aliphatic heterocycles. The minimum absolute atomic E-state index is 0.0497. The van der Waals surface area contributed by atoms with Crippen molar-refractivity contribution < 1.29 is 0 Å². The zero-order valence-corrected chi connectivity index (χ0v) is 13.4. The summed E-state index contributed by atoms with van der Waals surface area (Å²) in [7, 11) is 2.02. The van der Waals surface area contributed by atoms with E-state index in [9.17, 15) is 0 Å². The highest BCUT2D eigenvalue weighted by Crippen LogP contribution is 2.31. The van der Waals surface area contributed by atoms with Crippen LogP contribution in [0, 0.1) is 0 Å². The quantitative estimate of drug-likeness (QED) is 0.755. The van der Waals surface area contributed by atoms with Gasteiger partial charge in [0.25, 0.3) is 0 Å². The normalized spacial score (nSPS) is 12.3. The Labute approximate surface area is 130 Å². The molecule has 3 nitrogen and oxygen atoms in total. The maximum Gasteiger partial charge on any atom is 0.136 e. The minimum atomic E-state index is 0.0497. The van der Waals surface area contributed by atoms with E-state index in [4.69, 9.17) is 0 Å². The molecule has 0 aliphatic rings. The smallest absolute Gasteiger partial charge is 0.136 e. The van der Waals surface area contributed by atoms with E-state index in [1.54, 1.807) is 11.3 Å². The van der Waals surface area contributed by atoms with Crippen molar-refractivity contribution in [1.82, 2.24) is 9.55 Å². The van der Waals surface area contributed by atoms with Gasteiger partial charge in [-0.3, -0.25) is 0 Å². The molecule has 0 aliphatic carbocycles. The van der Waals surface area contributed by atoms with Crippen molar-refractivity contribution in [1.29, 1.82) is 0 Å². The zero-order valence-electron chi connectivity index (χ0n) is 11.0. The molecule has 0 amide bonds. The molecule has 1 aromatic carbocycles. The van der Waals surface area contributed by atoms with Crippen LogP contribution in [0.15, 0.2) is 58.6 Å². The molecule has 2 aromatic heterocycles. The van der Waals surface area contributed by atoms with Crippen molar-refractivity contribution >= 4 is 33.0 Å². The van der Waals surface area contributed by atoms with Gasteiger partial charge >= 0.3 is 0 Å². The first kappa shape index (κ1) is 13.4. The van der Waals surface area contributed by atoms with Crippen LogP contribution in [0.1, 0.15) is 16.7 Å². The SMILES string of the molecule is Cn1ccnc1C(Nc1ccccc1Br)c1cccs1. The highest BCUT2D eigenvalue weighted by molar-refractivity contribution is 9.10. The van der Waals surface area contributed by atoms with E-state index in [2.05, 4.69) is 49.8 Å². The maximum absolute atomic E-state index is 4.49. The lowest BCUT2D eigenvalue weighted by atomic mass is 10.2. The average Bonchev–Trinajstić information content (AvgIpc) is 3.10. The molecule has 1 unspecified atom stereocenters. The number of anilines is 1. The molecular weight excluding hydrogens is 334 g/mol. The Morgan fingerprint density at radius 3 is 2.75 bits per heavy atom. The summed E-state index contributed by atoms with van der Waals surface area (Å²) in [5.74, 6) is 1.00. The fourth-order valence-corrected chi connectivity index (χ4v) is 3.28. The van der Waals surface area contributed by atoms with Crippen LogP contribution in [0.3, 0.4) is 0 Å². The van der Waals surface area contributed by atoms with Crippen LogP contribution in [0.25, 0.3) is 0 Å². The van der Waals surface area contributed by atoms with Crippen molar-refractivity contribution in [2.75, 3.05) is 5.32 Å². The molecule has 3 aromatic rings. The number of halogens is 1. The lowest BCUT2D eigenvalue weighted by Crippen LogP contribution is -2.15. The number of hydrogen-bond acceptors (Lipinski definition) is 3. The van der Waals surface area contributed by atoms with Gasteiger partial charge in [-0.2, -0.15) is 0 Å². The summed E-state index contributed by atoms with van der Waals surface area (Å²) in [6.07, 6.45) is 3.80. The van der Waals surface area contributed by atoms with Gasteiger partial charge in [0.2, 0.25) is 0 Å². The Balaban J connectivity index is 1.99. The van der Waals surface area contributed by atoms with Gasteiger partial charge in [0.05, 0.1) is 0 Å². The molecular formula is C15H14BrN3S. The summed E-state index contributed by atoms with van der Waals surface area (Å²) in [5.41, 5.74) is 1.06. The van der Waals surface area contributed by atoms with Gasteiger partial charge in [0.1, 0.15) is 11.9 Å². The van der Waals surface area contributed by atoms with Crippen LogP contribution in [-0.2, 0) is 7.05 Å². The molecule has 20 heavy (non-hydrogen) atoms. The van der Waals surface area contributed by atoms with Gasteiger partial charge in [0, 0.05) is 34.5 Å². The highest BCUT2D eigenvalue weighted by atomic mass is 79.9. The van der Waals surface area contributed by atoms with E-state index in [0.29, 0.717) is 0 Å². The minimum Gasteiger partial charge on any atom is -0.370 e. The van der Waals surface area contributed by atoms with Crippen molar-refractivity contribution in [3.8, 4) is 0 Å². The molecule has 0 bridgehead atoms. The zero-order chi connectivity index (χ0) is 13.9. The third kappa shape index (κ3) is 2.64. The Kier molecular flexibility index (Phi) is 3.89. The molecule has 0 radical (unpaired) electrons. The van der Waals surface area contributed by atoms with E-state index in [0.717, 1.165) is 16.0 Å². The number of aryl methyl sites for hydroxylation is 1. The molecule has 1 atom stereocenters. The van der Waals surface area contributed by atoms with Crippen molar-refractivity contribution in [3.63, 3.8) is 0 Å². The molecule has 2 heterocycles. The Morgan fingerprint density at radius 2 is 2.10 bits per heavy atom. The van der Waals surface area contributed by atoms with Crippen LogP contribution in [-0.4, -0.2) is 9.55 Å². The first-order valence-corrected chi connectivity index (χ1v) is 7.94. The molecule has 0 fully saturated rings. The molecule has 0 saturated carbocycles. The van der Waals surface area contributed by atoms with Gasteiger partial charge in [-0.1, -0.05) is 18.2 Å². The number of benzene rings is 1. The number of nitrogens with zero attached hydrogens (tertiary/aromatic N) is 2. The Hall–Kier alpha value is -1.59. The molecule has 3 rings (SSSR count). The number of para-hydroxylation sites is 1. The van der Waals surface area contributed by atoms with Gasteiger partial charge in [0.15, 0.2) is 0 Å². The average molecular weight is 348 g/mol. The van der Waals surface area contributed by atoms with Crippen LogP contribution in [0.4, 0.5) is 5.69 Å². The third-order valence-corrected chi connectivity index (χ3v) is 4.75. The maximum atomic E-state index is 4.49. The summed E-state index contributed by atoms with van der Waals surface area (Å²) < 4.78 is 3.10. The van der Waals surface area contributed by atoms with Crippen LogP contribution in [0.5, 0.6) is 0 Å². The van der Waals surface area contributed by atoms with Gasteiger partial charge < -0.3 is 9.88 Å². The van der Waals surface area contributed by atoms with Crippen molar-refractivity contribution in [3.05, 3.63) is 69.3 Å². The Bertz CT molecular complexity index is 691. The highest BCUT2D eigenvalue weighted by Gasteiger charge is 2.19. The number of nitrogens with one attached hydrogen (secondary N) is 1.